The van der Waals surface area contributed by atoms with Gasteiger partial charge in [-0.25, -0.2) is 9.37 Å². The van der Waals surface area contributed by atoms with Crippen molar-refractivity contribution >= 4 is 29.1 Å². The molecule has 0 aliphatic heterocycles. The number of benzene rings is 1. The molecule has 0 saturated carbocycles. The van der Waals surface area contributed by atoms with Gasteiger partial charge in [-0.3, -0.25) is 14.3 Å². The highest BCUT2D eigenvalue weighted by Gasteiger charge is 2.19. The van der Waals surface area contributed by atoms with Gasteiger partial charge < -0.3 is 15.8 Å². The quantitative estimate of drug-likeness (QED) is 0.372. The third-order valence-electron chi connectivity index (χ3n) is 4.63. The number of nitrogens with one attached hydrogen (secondary N) is 1. The number of nitrogens with two attached hydrogens (primary N) is 1. The summed E-state index contributed by atoms with van der Waals surface area (Å²) in [5.74, 6) is -0.794. The maximum Gasteiger partial charge on any atom is 0.281 e. The van der Waals surface area contributed by atoms with Crippen LogP contribution in [0.25, 0.3) is 11.1 Å². The van der Waals surface area contributed by atoms with Crippen LogP contribution in [0.15, 0.2) is 72.3 Å². The molecule has 0 unspecified atom stereocenters. The van der Waals surface area contributed by atoms with Gasteiger partial charge in [0.25, 0.3) is 5.91 Å². The first-order chi connectivity index (χ1) is 16.9. The minimum Gasteiger partial charge on any atom is -0.436 e. The maximum atomic E-state index is 13.3. The number of hydrogen-bond acceptors (Lipinski definition) is 8. The van der Waals surface area contributed by atoms with Crippen molar-refractivity contribution in [3.63, 3.8) is 0 Å². The van der Waals surface area contributed by atoms with Crippen LogP contribution >= 0.6 is 11.6 Å². The van der Waals surface area contributed by atoms with Crippen LogP contribution in [0.2, 0.25) is 5.02 Å². The molecule has 1 aromatic carbocycles. The second-order valence-electron chi connectivity index (χ2n) is 7.06. The first kappa shape index (κ1) is 23.5. The average Bonchev–Trinajstić information content (AvgIpc) is 2.85. The Labute approximate surface area is 202 Å². The van der Waals surface area contributed by atoms with Gasteiger partial charge in [-0.15, -0.1) is 16.8 Å². The number of pyridine rings is 1. The van der Waals surface area contributed by atoms with Gasteiger partial charge in [0.2, 0.25) is 11.3 Å². The van der Waals surface area contributed by atoms with Crippen molar-refractivity contribution in [2.45, 2.75) is 6.54 Å². The molecule has 0 atom stereocenters. The molecule has 0 bridgehead atoms. The number of carbonyl (C=O) groups is 1. The zero-order chi connectivity index (χ0) is 24.9. The highest BCUT2D eigenvalue weighted by atomic mass is 35.5. The number of carbonyl (C=O) groups excluding carboxylic acids is 1. The monoisotopic (exact) mass is 493 g/mol. The molecule has 0 radical (unpaired) electrons. The van der Waals surface area contributed by atoms with Gasteiger partial charge in [-0.2, -0.15) is 5.10 Å². The van der Waals surface area contributed by atoms with Crippen molar-refractivity contribution in [1.82, 2.24) is 25.0 Å². The van der Waals surface area contributed by atoms with E-state index in [0.29, 0.717) is 5.56 Å². The van der Waals surface area contributed by atoms with Crippen LogP contribution in [-0.2, 0) is 6.54 Å². The van der Waals surface area contributed by atoms with E-state index in [2.05, 4.69) is 32.2 Å². The lowest BCUT2D eigenvalue weighted by atomic mass is 10.1. The number of halogens is 2. The van der Waals surface area contributed by atoms with Crippen molar-refractivity contribution < 1.29 is 13.9 Å². The summed E-state index contributed by atoms with van der Waals surface area (Å²) >= 11 is 6.04. The van der Waals surface area contributed by atoms with Gasteiger partial charge in [0.15, 0.2) is 17.3 Å². The number of anilines is 2. The SMILES string of the molecule is C=CCn1cc(-c2ccc(F)cc2)c(=O)c(C(=O)Nc2ccc(Oc3ccnc(N)c3Cl)nn2)n1. The molecule has 1 amide bonds. The number of rotatable bonds is 7. The van der Waals surface area contributed by atoms with E-state index in [1.54, 1.807) is 6.08 Å². The normalized spacial score (nSPS) is 10.6. The summed E-state index contributed by atoms with van der Waals surface area (Å²) in [6.45, 7) is 3.88. The predicted octanol–water partition coefficient (Wildman–Crippen LogP) is 3.70. The molecule has 12 heteroatoms. The molecule has 0 spiro atoms. The number of aromatic nitrogens is 5. The lowest BCUT2D eigenvalue weighted by Crippen LogP contribution is -2.28. The van der Waals surface area contributed by atoms with Crippen LogP contribution in [0, 0.1) is 5.82 Å². The largest absolute Gasteiger partial charge is 0.436 e. The van der Waals surface area contributed by atoms with Crippen LogP contribution in [0.5, 0.6) is 11.6 Å². The van der Waals surface area contributed by atoms with Crippen molar-refractivity contribution in [2.75, 3.05) is 11.1 Å². The van der Waals surface area contributed by atoms with Crippen LogP contribution in [0.3, 0.4) is 0 Å². The van der Waals surface area contributed by atoms with Crippen molar-refractivity contribution in [1.29, 1.82) is 0 Å². The topological polar surface area (TPSA) is 138 Å². The van der Waals surface area contributed by atoms with E-state index >= 15 is 0 Å². The fraction of sp³-hybridized carbons (Fsp3) is 0.0435. The second-order valence-corrected chi connectivity index (χ2v) is 7.44. The second kappa shape index (κ2) is 10.1. The van der Waals surface area contributed by atoms with Crippen molar-refractivity contribution in [3.05, 3.63) is 94.3 Å². The smallest absolute Gasteiger partial charge is 0.281 e. The van der Waals surface area contributed by atoms with Crippen LogP contribution < -0.4 is 21.2 Å². The Balaban J connectivity index is 1.58. The molecule has 0 aliphatic carbocycles. The summed E-state index contributed by atoms with van der Waals surface area (Å²) in [5, 5.41) is 14.5. The first-order valence-electron chi connectivity index (χ1n) is 10.1. The van der Waals surface area contributed by atoms with Gasteiger partial charge in [-0.1, -0.05) is 29.8 Å². The summed E-state index contributed by atoms with van der Waals surface area (Å²) in [6.07, 6.45) is 4.45. The fourth-order valence-corrected chi connectivity index (χ4v) is 3.15. The number of ether oxygens (including phenoxy) is 1. The molecular weight excluding hydrogens is 477 g/mol. The van der Waals surface area contributed by atoms with E-state index in [1.165, 1.54) is 59.5 Å². The molecule has 3 N–H and O–H groups in total. The first-order valence-corrected chi connectivity index (χ1v) is 10.4. The number of nitrogen functional groups attached to an aromatic ring is 1. The van der Waals surface area contributed by atoms with E-state index in [-0.39, 0.29) is 46.1 Å². The maximum absolute atomic E-state index is 13.3. The molecular formula is C23H17ClFN7O3. The van der Waals surface area contributed by atoms with Gasteiger partial charge in [0.05, 0.1) is 6.54 Å². The summed E-state index contributed by atoms with van der Waals surface area (Å²) in [7, 11) is 0. The Morgan fingerprint density at radius 1 is 1.20 bits per heavy atom. The van der Waals surface area contributed by atoms with Crippen LogP contribution in [-0.4, -0.2) is 30.9 Å². The highest BCUT2D eigenvalue weighted by molar-refractivity contribution is 6.34. The lowest BCUT2D eigenvalue weighted by molar-refractivity contribution is 0.101. The van der Waals surface area contributed by atoms with Gasteiger partial charge in [0, 0.05) is 30.1 Å². The number of amides is 1. The Kier molecular flexibility index (Phi) is 6.78. The molecule has 176 valence electrons. The number of allylic oxidation sites excluding steroid dienone is 1. The average molecular weight is 494 g/mol. The molecule has 3 aromatic heterocycles. The summed E-state index contributed by atoms with van der Waals surface area (Å²) < 4.78 is 20.2. The standard InChI is InChI=1S/C23H17ClFN7O3/c1-2-11-32-12-15(13-3-5-14(25)6-4-13)21(33)20(31-32)23(34)28-17-7-8-18(30-29-17)35-16-9-10-27-22(26)19(16)24/h2-10,12H,1,11H2,(H2,26,27)(H,28,29,34). The predicted molar refractivity (Wildman–Crippen MR) is 128 cm³/mol. The molecule has 4 aromatic rings. The van der Waals surface area contributed by atoms with Crippen molar-refractivity contribution in [3.8, 4) is 22.8 Å². The third-order valence-corrected chi connectivity index (χ3v) is 5.01. The van der Waals surface area contributed by atoms with E-state index in [1.807, 2.05) is 0 Å². The fourth-order valence-electron chi connectivity index (χ4n) is 3.00. The Morgan fingerprint density at radius 3 is 2.66 bits per heavy atom. The third kappa shape index (κ3) is 5.31. The molecule has 10 nitrogen and oxygen atoms in total. The molecule has 35 heavy (non-hydrogen) atoms. The number of hydrogen-bond donors (Lipinski definition) is 2. The minimum absolute atomic E-state index is 0.0475. The Bertz CT molecular complexity index is 1460. The van der Waals surface area contributed by atoms with Gasteiger partial charge in [0.1, 0.15) is 16.7 Å². The Morgan fingerprint density at radius 2 is 1.97 bits per heavy atom. The van der Waals surface area contributed by atoms with E-state index in [9.17, 15) is 14.0 Å². The van der Waals surface area contributed by atoms with Gasteiger partial charge in [-0.05, 0) is 23.8 Å². The Hall–Kier alpha value is -4.64. The minimum atomic E-state index is -0.801. The summed E-state index contributed by atoms with van der Waals surface area (Å²) in [4.78, 5) is 29.7. The molecule has 0 fully saturated rings. The number of nitrogens with zero attached hydrogens (tertiary/aromatic N) is 5. The van der Waals surface area contributed by atoms with E-state index in [0.717, 1.165) is 0 Å². The molecule has 4 rings (SSSR count). The zero-order valence-corrected chi connectivity index (χ0v) is 18.7. The highest BCUT2D eigenvalue weighted by Crippen LogP contribution is 2.31. The van der Waals surface area contributed by atoms with E-state index < -0.39 is 17.2 Å². The summed E-state index contributed by atoms with van der Waals surface area (Å²) in [6, 6.07) is 9.69. The lowest BCUT2D eigenvalue weighted by Gasteiger charge is -2.10. The van der Waals surface area contributed by atoms with Crippen molar-refractivity contribution in [2.24, 2.45) is 0 Å². The van der Waals surface area contributed by atoms with E-state index in [4.69, 9.17) is 22.1 Å². The molecule has 0 saturated heterocycles. The van der Waals surface area contributed by atoms with Crippen LogP contribution in [0.4, 0.5) is 16.0 Å². The zero-order valence-electron chi connectivity index (χ0n) is 18.0. The molecule has 0 aliphatic rings. The molecule has 3 heterocycles. The van der Waals surface area contributed by atoms with Crippen LogP contribution in [0.1, 0.15) is 10.5 Å². The van der Waals surface area contributed by atoms with Gasteiger partial charge >= 0.3 is 0 Å². The summed E-state index contributed by atoms with van der Waals surface area (Å²) in [5.41, 5.74) is 5.24.